The van der Waals surface area contributed by atoms with Crippen molar-refractivity contribution in [1.29, 1.82) is 0 Å². The molecule has 1 aliphatic rings. The van der Waals surface area contributed by atoms with Crippen LogP contribution in [0.5, 0.6) is 0 Å². The molecule has 2 aromatic rings. The van der Waals surface area contributed by atoms with Crippen molar-refractivity contribution in [3.8, 4) is 5.69 Å². The van der Waals surface area contributed by atoms with Crippen molar-refractivity contribution >= 4 is 5.95 Å². The number of anilines is 1. The van der Waals surface area contributed by atoms with Crippen molar-refractivity contribution < 1.29 is 4.74 Å². The molecule has 4 nitrogen and oxygen atoms in total. The van der Waals surface area contributed by atoms with Crippen molar-refractivity contribution in [1.82, 2.24) is 9.55 Å². The lowest BCUT2D eigenvalue weighted by Crippen LogP contribution is -2.41. The third-order valence-corrected chi connectivity index (χ3v) is 3.69. The van der Waals surface area contributed by atoms with Crippen molar-refractivity contribution in [2.45, 2.75) is 25.3 Å². The number of hydrogen-bond donors (Lipinski definition) is 1. The maximum absolute atomic E-state index is 5.43. The Kier molecular flexibility index (Phi) is 3.25. The summed E-state index contributed by atoms with van der Waals surface area (Å²) in [5, 5.41) is 3.58. The van der Waals surface area contributed by atoms with Crippen LogP contribution in [0.4, 0.5) is 5.95 Å². The summed E-state index contributed by atoms with van der Waals surface area (Å²) in [6.45, 7) is 3.87. The molecule has 0 atom stereocenters. The fourth-order valence-corrected chi connectivity index (χ4v) is 2.41. The fraction of sp³-hybridized carbons (Fsp3) is 0.400. The Morgan fingerprint density at radius 2 is 1.95 bits per heavy atom. The van der Waals surface area contributed by atoms with Gasteiger partial charge in [-0.1, -0.05) is 18.2 Å². The summed E-state index contributed by atoms with van der Waals surface area (Å²) < 4.78 is 7.52. The summed E-state index contributed by atoms with van der Waals surface area (Å²) in [5.74, 6) is 0.899. The van der Waals surface area contributed by atoms with E-state index in [0.717, 1.165) is 37.7 Å². The molecular formula is C15H19N3O. The van der Waals surface area contributed by atoms with Crippen molar-refractivity contribution in [2.24, 2.45) is 0 Å². The maximum atomic E-state index is 5.43. The predicted molar refractivity (Wildman–Crippen MR) is 75.6 cm³/mol. The van der Waals surface area contributed by atoms with Gasteiger partial charge >= 0.3 is 0 Å². The highest BCUT2D eigenvalue weighted by Gasteiger charge is 2.28. The van der Waals surface area contributed by atoms with Gasteiger partial charge in [0, 0.05) is 36.8 Å². The Morgan fingerprint density at radius 3 is 2.68 bits per heavy atom. The molecular weight excluding hydrogens is 238 g/mol. The normalized spacial score (nSPS) is 18.2. The third kappa shape index (κ3) is 2.63. The lowest BCUT2D eigenvalue weighted by molar-refractivity contribution is 0.0655. The van der Waals surface area contributed by atoms with E-state index in [9.17, 15) is 0 Å². The van der Waals surface area contributed by atoms with Crippen LogP contribution >= 0.6 is 0 Å². The molecule has 2 heterocycles. The number of nitrogens with zero attached hydrogens (tertiary/aromatic N) is 2. The highest BCUT2D eigenvalue weighted by Crippen LogP contribution is 2.25. The smallest absolute Gasteiger partial charge is 0.207 e. The molecule has 0 amide bonds. The van der Waals surface area contributed by atoms with Gasteiger partial charge in [-0.15, -0.1) is 0 Å². The first kappa shape index (κ1) is 12.2. The number of benzene rings is 1. The van der Waals surface area contributed by atoms with Gasteiger partial charge in [0.15, 0.2) is 0 Å². The number of imidazole rings is 1. The Hall–Kier alpha value is -1.81. The molecule has 1 N–H and O–H groups in total. The second-order valence-corrected chi connectivity index (χ2v) is 5.25. The van der Waals surface area contributed by atoms with Crippen LogP contribution in [0.25, 0.3) is 5.69 Å². The number of hydrogen-bond acceptors (Lipinski definition) is 3. The summed E-state index contributed by atoms with van der Waals surface area (Å²) in [6, 6.07) is 10.3. The van der Waals surface area contributed by atoms with Gasteiger partial charge in [-0.2, -0.15) is 0 Å². The summed E-state index contributed by atoms with van der Waals surface area (Å²) in [7, 11) is 0. The second-order valence-electron chi connectivity index (χ2n) is 5.25. The van der Waals surface area contributed by atoms with Crippen LogP contribution in [-0.4, -0.2) is 28.3 Å². The van der Waals surface area contributed by atoms with Crippen molar-refractivity contribution in [3.05, 3.63) is 42.7 Å². The van der Waals surface area contributed by atoms with E-state index in [2.05, 4.69) is 33.9 Å². The molecule has 1 aromatic carbocycles. The molecule has 0 bridgehead atoms. The number of ether oxygens (including phenoxy) is 1. The first-order chi connectivity index (χ1) is 9.27. The molecule has 4 heteroatoms. The minimum absolute atomic E-state index is 0.0656. The van der Waals surface area contributed by atoms with Crippen LogP contribution in [0.3, 0.4) is 0 Å². The monoisotopic (exact) mass is 257 g/mol. The zero-order chi connectivity index (χ0) is 13.1. The standard InChI is InChI=1S/C15H19N3O/c1-15(7-11-19-12-8-15)17-14-16-9-10-18(14)13-5-3-2-4-6-13/h2-6,9-10H,7-8,11-12H2,1H3,(H,16,17). The predicted octanol–water partition coefficient (Wildman–Crippen LogP) is 2.85. The molecule has 100 valence electrons. The minimum atomic E-state index is 0.0656. The van der Waals surface area contributed by atoms with Gasteiger partial charge in [-0.3, -0.25) is 4.57 Å². The van der Waals surface area contributed by atoms with E-state index in [0.29, 0.717) is 0 Å². The number of rotatable bonds is 3. The van der Waals surface area contributed by atoms with E-state index in [4.69, 9.17) is 4.74 Å². The van der Waals surface area contributed by atoms with Crippen LogP contribution in [0, 0.1) is 0 Å². The topological polar surface area (TPSA) is 39.1 Å². The van der Waals surface area contributed by atoms with Crippen molar-refractivity contribution in [2.75, 3.05) is 18.5 Å². The van der Waals surface area contributed by atoms with Crippen molar-refractivity contribution in [3.63, 3.8) is 0 Å². The Balaban J connectivity index is 1.84. The van der Waals surface area contributed by atoms with Gasteiger partial charge in [0.2, 0.25) is 5.95 Å². The highest BCUT2D eigenvalue weighted by molar-refractivity contribution is 5.43. The fourth-order valence-electron chi connectivity index (χ4n) is 2.41. The van der Waals surface area contributed by atoms with E-state index in [1.54, 1.807) is 0 Å². The van der Waals surface area contributed by atoms with Gasteiger partial charge in [-0.25, -0.2) is 4.98 Å². The molecule has 0 radical (unpaired) electrons. The lowest BCUT2D eigenvalue weighted by Gasteiger charge is -2.34. The summed E-state index contributed by atoms with van der Waals surface area (Å²) in [4.78, 5) is 4.44. The largest absolute Gasteiger partial charge is 0.381 e. The quantitative estimate of drug-likeness (QED) is 0.919. The molecule has 1 aliphatic heterocycles. The third-order valence-electron chi connectivity index (χ3n) is 3.69. The second kappa shape index (κ2) is 5.05. The maximum Gasteiger partial charge on any atom is 0.207 e. The van der Waals surface area contributed by atoms with Gasteiger partial charge in [0.25, 0.3) is 0 Å². The average molecular weight is 257 g/mol. The molecule has 19 heavy (non-hydrogen) atoms. The Morgan fingerprint density at radius 1 is 1.21 bits per heavy atom. The van der Waals surface area contributed by atoms with Crippen LogP contribution in [-0.2, 0) is 4.74 Å². The summed E-state index contributed by atoms with van der Waals surface area (Å²) in [5.41, 5.74) is 1.19. The molecule has 0 aliphatic carbocycles. The zero-order valence-electron chi connectivity index (χ0n) is 11.2. The van der Waals surface area contributed by atoms with E-state index in [1.165, 1.54) is 0 Å². The zero-order valence-corrected chi connectivity index (χ0v) is 11.2. The molecule has 0 spiro atoms. The average Bonchev–Trinajstić information content (AvgIpc) is 2.88. The van der Waals surface area contributed by atoms with E-state index >= 15 is 0 Å². The van der Waals surface area contributed by atoms with Crippen LogP contribution in [0.1, 0.15) is 19.8 Å². The van der Waals surface area contributed by atoms with Gasteiger partial charge in [-0.05, 0) is 31.9 Å². The number of nitrogens with one attached hydrogen (secondary N) is 1. The Labute approximate surface area is 113 Å². The van der Waals surface area contributed by atoms with Crippen LogP contribution in [0.15, 0.2) is 42.7 Å². The van der Waals surface area contributed by atoms with E-state index in [-0.39, 0.29) is 5.54 Å². The molecule has 0 saturated carbocycles. The summed E-state index contributed by atoms with van der Waals surface area (Å²) in [6.07, 6.45) is 5.83. The van der Waals surface area contributed by atoms with Crippen LogP contribution in [0.2, 0.25) is 0 Å². The van der Waals surface area contributed by atoms with E-state index in [1.807, 2.05) is 30.6 Å². The van der Waals surface area contributed by atoms with Gasteiger partial charge in [0.05, 0.1) is 0 Å². The molecule has 3 rings (SSSR count). The number of aromatic nitrogens is 2. The van der Waals surface area contributed by atoms with Gasteiger partial charge < -0.3 is 10.1 Å². The first-order valence-electron chi connectivity index (χ1n) is 6.72. The van der Waals surface area contributed by atoms with E-state index < -0.39 is 0 Å². The lowest BCUT2D eigenvalue weighted by atomic mass is 9.93. The van der Waals surface area contributed by atoms with Crippen LogP contribution < -0.4 is 5.32 Å². The van der Waals surface area contributed by atoms with Gasteiger partial charge in [0.1, 0.15) is 0 Å². The molecule has 0 unspecified atom stereocenters. The SMILES string of the molecule is CC1(Nc2nccn2-c2ccccc2)CCOCC1. The Bertz CT molecular complexity index is 529. The highest BCUT2D eigenvalue weighted by atomic mass is 16.5. The molecule has 1 fully saturated rings. The minimum Gasteiger partial charge on any atom is -0.381 e. The molecule has 1 saturated heterocycles. The number of para-hydroxylation sites is 1. The molecule has 1 aromatic heterocycles. The first-order valence-corrected chi connectivity index (χ1v) is 6.72. The summed E-state index contributed by atoms with van der Waals surface area (Å²) >= 11 is 0.